The lowest BCUT2D eigenvalue weighted by atomic mass is 10.5. The van der Waals surface area contributed by atoms with E-state index in [2.05, 4.69) is 20.9 Å². The van der Waals surface area contributed by atoms with Crippen LogP contribution >= 0.6 is 15.9 Å². The van der Waals surface area contributed by atoms with Gasteiger partial charge in [-0.1, -0.05) is 0 Å². The zero-order valence-electron chi connectivity index (χ0n) is 11.1. The molecule has 2 heterocycles. The van der Waals surface area contributed by atoms with Crippen LogP contribution in [0, 0.1) is 0 Å². The molecule has 0 amide bonds. The Bertz CT molecular complexity index is 906. The van der Waals surface area contributed by atoms with Gasteiger partial charge in [0.1, 0.15) is 9.84 Å². The molecule has 0 atom stereocenters. The topological polar surface area (TPSA) is 96.0 Å². The Labute approximate surface area is 122 Å². The SMILES string of the molecule is Cn1c(=O)c2nc(Br)n(CCS(C)(=O)=O)c2n(C)c1=O. The lowest BCUT2D eigenvalue weighted by molar-refractivity contribution is 0.593. The zero-order chi connectivity index (χ0) is 15.2. The Balaban J connectivity index is 2.77. The van der Waals surface area contributed by atoms with Gasteiger partial charge in [-0.15, -0.1) is 0 Å². The zero-order valence-corrected chi connectivity index (χ0v) is 13.5. The molecular formula is C10H13BrN4O4S. The van der Waals surface area contributed by atoms with E-state index in [-0.39, 0.29) is 17.8 Å². The predicted molar refractivity (Wildman–Crippen MR) is 77.6 cm³/mol. The molecule has 110 valence electrons. The maximum absolute atomic E-state index is 12.0. The normalized spacial score (nSPS) is 12.2. The summed E-state index contributed by atoms with van der Waals surface area (Å²) in [6.07, 6.45) is 1.12. The Hall–Kier alpha value is -1.42. The number of fused-ring (bicyclic) bond motifs is 1. The van der Waals surface area contributed by atoms with Crippen molar-refractivity contribution in [2.45, 2.75) is 6.54 Å². The van der Waals surface area contributed by atoms with E-state index in [0.29, 0.717) is 10.4 Å². The molecule has 2 aromatic rings. The van der Waals surface area contributed by atoms with Crippen LogP contribution in [0.15, 0.2) is 14.3 Å². The van der Waals surface area contributed by atoms with E-state index in [1.165, 1.54) is 23.2 Å². The molecule has 0 aromatic carbocycles. The quantitative estimate of drug-likeness (QED) is 0.667. The summed E-state index contributed by atoms with van der Waals surface area (Å²) in [7, 11) is -0.289. The highest BCUT2D eigenvalue weighted by molar-refractivity contribution is 9.10. The first kappa shape index (κ1) is 15.0. The number of halogens is 1. The van der Waals surface area contributed by atoms with Crippen LogP contribution in [0.1, 0.15) is 0 Å². The fourth-order valence-corrected chi connectivity index (χ4v) is 2.95. The third-order valence-electron chi connectivity index (χ3n) is 2.98. The molecule has 0 radical (unpaired) electrons. The molecule has 2 rings (SSSR count). The fourth-order valence-electron chi connectivity index (χ4n) is 1.92. The van der Waals surface area contributed by atoms with E-state index in [9.17, 15) is 18.0 Å². The van der Waals surface area contributed by atoms with E-state index >= 15 is 0 Å². The number of rotatable bonds is 3. The van der Waals surface area contributed by atoms with E-state index < -0.39 is 21.1 Å². The van der Waals surface area contributed by atoms with Gasteiger partial charge in [0, 0.05) is 26.9 Å². The lowest BCUT2D eigenvalue weighted by Gasteiger charge is -2.08. The van der Waals surface area contributed by atoms with Crippen molar-refractivity contribution in [3.8, 4) is 0 Å². The number of sulfone groups is 1. The molecule has 0 aliphatic rings. The molecule has 0 aliphatic heterocycles. The van der Waals surface area contributed by atoms with Crippen LogP contribution in [0.2, 0.25) is 0 Å². The van der Waals surface area contributed by atoms with Gasteiger partial charge >= 0.3 is 5.69 Å². The Kier molecular flexibility index (Phi) is 3.63. The second kappa shape index (κ2) is 4.85. The highest BCUT2D eigenvalue weighted by atomic mass is 79.9. The van der Waals surface area contributed by atoms with Crippen LogP contribution in [-0.4, -0.2) is 39.1 Å². The highest BCUT2D eigenvalue weighted by Gasteiger charge is 2.18. The summed E-state index contributed by atoms with van der Waals surface area (Å²) in [6.45, 7) is 0.108. The van der Waals surface area contributed by atoms with Gasteiger partial charge in [-0.25, -0.2) is 18.2 Å². The van der Waals surface area contributed by atoms with Crippen molar-refractivity contribution in [3.63, 3.8) is 0 Å². The number of hydrogen-bond acceptors (Lipinski definition) is 5. The molecule has 0 N–H and O–H groups in total. The van der Waals surface area contributed by atoms with Crippen molar-refractivity contribution in [1.29, 1.82) is 0 Å². The maximum atomic E-state index is 12.0. The summed E-state index contributed by atoms with van der Waals surface area (Å²) < 4.78 is 26.6. The largest absolute Gasteiger partial charge is 0.332 e. The number of aryl methyl sites for hydroxylation is 2. The summed E-state index contributed by atoms with van der Waals surface area (Å²) in [4.78, 5) is 28.0. The smallest absolute Gasteiger partial charge is 0.303 e. The Morgan fingerprint density at radius 2 is 1.80 bits per heavy atom. The third-order valence-corrected chi connectivity index (χ3v) is 4.51. The second-order valence-corrected chi connectivity index (χ2v) is 7.51. The van der Waals surface area contributed by atoms with Crippen LogP contribution in [0.25, 0.3) is 11.2 Å². The molecule has 0 unspecified atom stereocenters. The van der Waals surface area contributed by atoms with Gasteiger partial charge in [0.25, 0.3) is 5.56 Å². The summed E-state index contributed by atoms with van der Waals surface area (Å²) >= 11 is 3.19. The summed E-state index contributed by atoms with van der Waals surface area (Å²) in [6, 6.07) is 0. The maximum Gasteiger partial charge on any atom is 0.332 e. The average molecular weight is 365 g/mol. The molecule has 20 heavy (non-hydrogen) atoms. The van der Waals surface area contributed by atoms with Gasteiger partial charge in [-0.2, -0.15) is 0 Å². The molecular weight excluding hydrogens is 352 g/mol. The van der Waals surface area contributed by atoms with Crippen LogP contribution < -0.4 is 11.2 Å². The van der Waals surface area contributed by atoms with E-state index in [1.807, 2.05) is 0 Å². The Morgan fingerprint density at radius 3 is 2.35 bits per heavy atom. The van der Waals surface area contributed by atoms with Crippen molar-refractivity contribution in [2.24, 2.45) is 14.1 Å². The summed E-state index contributed by atoms with van der Waals surface area (Å²) in [5.41, 5.74) is -0.582. The fraction of sp³-hybridized carbons (Fsp3) is 0.500. The molecule has 0 spiro atoms. The first-order valence-corrected chi connectivity index (χ1v) is 8.48. The van der Waals surface area contributed by atoms with Crippen molar-refractivity contribution >= 4 is 36.9 Å². The van der Waals surface area contributed by atoms with E-state index in [1.54, 1.807) is 0 Å². The minimum atomic E-state index is -3.17. The van der Waals surface area contributed by atoms with Gasteiger partial charge in [-0.3, -0.25) is 13.9 Å². The molecule has 10 heteroatoms. The molecule has 0 bridgehead atoms. The first-order valence-electron chi connectivity index (χ1n) is 5.63. The predicted octanol–water partition coefficient (Wildman–Crippen LogP) is -0.759. The average Bonchev–Trinajstić information content (AvgIpc) is 2.67. The van der Waals surface area contributed by atoms with Crippen LogP contribution in [-0.2, 0) is 30.5 Å². The molecule has 0 aliphatic carbocycles. The van der Waals surface area contributed by atoms with Crippen molar-refractivity contribution in [3.05, 3.63) is 25.6 Å². The van der Waals surface area contributed by atoms with Crippen molar-refractivity contribution in [2.75, 3.05) is 12.0 Å². The number of hydrogen-bond donors (Lipinski definition) is 0. The van der Waals surface area contributed by atoms with Gasteiger partial charge < -0.3 is 4.57 Å². The molecule has 0 saturated heterocycles. The number of nitrogens with zero attached hydrogens (tertiary/aromatic N) is 4. The van der Waals surface area contributed by atoms with E-state index in [4.69, 9.17) is 0 Å². The van der Waals surface area contributed by atoms with Gasteiger partial charge in [-0.05, 0) is 15.9 Å². The Morgan fingerprint density at radius 1 is 1.20 bits per heavy atom. The highest BCUT2D eigenvalue weighted by Crippen LogP contribution is 2.16. The minimum Gasteiger partial charge on any atom is -0.303 e. The van der Waals surface area contributed by atoms with Gasteiger partial charge in [0.15, 0.2) is 15.9 Å². The third kappa shape index (κ3) is 2.44. The van der Waals surface area contributed by atoms with Crippen molar-refractivity contribution in [1.82, 2.24) is 18.7 Å². The molecule has 8 nitrogen and oxygen atoms in total. The van der Waals surface area contributed by atoms with Crippen LogP contribution in [0.3, 0.4) is 0 Å². The molecule has 0 saturated carbocycles. The van der Waals surface area contributed by atoms with Crippen molar-refractivity contribution < 1.29 is 8.42 Å². The number of imidazole rings is 1. The first-order chi connectivity index (χ1) is 9.13. The standard InChI is InChI=1S/C10H13BrN4O4S/c1-13-7-6(8(16)14(2)10(13)17)12-9(11)15(7)4-5-20(3,18)19/h4-5H2,1-3H3. The lowest BCUT2D eigenvalue weighted by Crippen LogP contribution is -2.37. The van der Waals surface area contributed by atoms with Gasteiger partial charge in [0.2, 0.25) is 0 Å². The minimum absolute atomic E-state index is 0.108. The van der Waals surface area contributed by atoms with Gasteiger partial charge in [0.05, 0.1) is 5.75 Å². The summed E-state index contributed by atoms with van der Waals surface area (Å²) in [5.74, 6) is -0.111. The second-order valence-electron chi connectivity index (χ2n) is 4.54. The molecule has 0 fully saturated rings. The molecule has 2 aromatic heterocycles. The van der Waals surface area contributed by atoms with Crippen LogP contribution in [0.5, 0.6) is 0 Å². The van der Waals surface area contributed by atoms with Crippen LogP contribution in [0.4, 0.5) is 0 Å². The number of aromatic nitrogens is 4. The monoisotopic (exact) mass is 364 g/mol. The van der Waals surface area contributed by atoms with E-state index in [0.717, 1.165) is 10.8 Å². The summed E-state index contributed by atoms with van der Waals surface area (Å²) in [5, 5.41) is 0.